The molecule has 2 aromatic carbocycles. The van der Waals surface area contributed by atoms with Crippen LogP contribution in [0, 0.1) is 17.0 Å². The number of hydrogen-bond donors (Lipinski definition) is 1. The molecule has 9 nitrogen and oxygen atoms in total. The minimum atomic E-state index is -0.518. The van der Waals surface area contributed by atoms with E-state index >= 15 is 0 Å². The summed E-state index contributed by atoms with van der Waals surface area (Å²) >= 11 is 0. The van der Waals surface area contributed by atoms with Gasteiger partial charge in [0.2, 0.25) is 5.95 Å². The van der Waals surface area contributed by atoms with Gasteiger partial charge in [-0.25, -0.2) is 0 Å². The summed E-state index contributed by atoms with van der Waals surface area (Å²) in [7, 11) is 0. The minimum Gasteiger partial charge on any atom is -0.467 e. The smallest absolute Gasteiger partial charge is 0.281 e. The number of carbonyl (C=O) groups is 1. The van der Waals surface area contributed by atoms with E-state index in [1.54, 1.807) is 18.4 Å². The minimum absolute atomic E-state index is 0.0957. The molecule has 150 valence electrons. The summed E-state index contributed by atoms with van der Waals surface area (Å²) in [6, 6.07) is 16.5. The normalized spacial score (nSPS) is 10.7. The number of rotatable bonds is 6. The number of aryl methyl sites for hydroxylation is 1. The van der Waals surface area contributed by atoms with Crippen LogP contribution in [0.2, 0.25) is 0 Å². The number of nitrogens with zero attached hydrogens (tertiary/aromatic N) is 4. The van der Waals surface area contributed by atoms with Gasteiger partial charge in [-0.3, -0.25) is 14.9 Å². The molecular formula is C21H17N5O4. The third-order valence-corrected chi connectivity index (χ3v) is 4.44. The molecule has 2 aromatic heterocycles. The Labute approximate surface area is 171 Å². The van der Waals surface area contributed by atoms with Gasteiger partial charge in [0, 0.05) is 23.3 Å². The van der Waals surface area contributed by atoms with Crippen LogP contribution >= 0.6 is 0 Å². The van der Waals surface area contributed by atoms with Crippen molar-refractivity contribution in [1.29, 1.82) is 0 Å². The van der Waals surface area contributed by atoms with E-state index in [1.165, 1.54) is 24.3 Å². The van der Waals surface area contributed by atoms with Gasteiger partial charge in [-0.1, -0.05) is 29.8 Å². The fourth-order valence-corrected chi connectivity index (χ4v) is 2.82. The van der Waals surface area contributed by atoms with E-state index in [2.05, 4.69) is 15.4 Å². The first-order chi connectivity index (χ1) is 14.5. The van der Waals surface area contributed by atoms with Gasteiger partial charge in [-0.05, 0) is 31.2 Å². The summed E-state index contributed by atoms with van der Waals surface area (Å²) in [5.41, 5.74) is 2.01. The highest BCUT2D eigenvalue weighted by atomic mass is 16.6. The second-order valence-electron chi connectivity index (χ2n) is 6.58. The zero-order valence-corrected chi connectivity index (χ0v) is 16.0. The number of carbonyl (C=O) groups excluding carboxylic acids is 1. The maximum absolute atomic E-state index is 13.0. The molecule has 0 saturated heterocycles. The van der Waals surface area contributed by atoms with Crippen LogP contribution in [0.4, 0.5) is 11.6 Å². The molecule has 9 heteroatoms. The standard InChI is InChI=1S/C21H17N5O4/c1-14-4-6-15(7-5-14)19-23-21(22-13-18-3-2-12-30-18)25(24-19)20(27)16-8-10-17(11-9-16)26(28)29/h2-12H,13H2,1H3,(H,22,23,24). The number of anilines is 1. The van der Waals surface area contributed by atoms with E-state index in [0.717, 1.165) is 15.8 Å². The number of nitro benzene ring substituents is 1. The maximum Gasteiger partial charge on any atom is 0.281 e. The lowest BCUT2D eigenvalue weighted by Crippen LogP contribution is -2.17. The van der Waals surface area contributed by atoms with E-state index in [4.69, 9.17) is 4.42 Å². The second-order valence-corrected chi connectivity index (χ2v) is 6.58. The van der Waals surface area contributed by atoms with E-state index < -0.39 is 10.8 Å². The Balaban J connectivity index is 1.68. The van der Waals surface area contributed by atoms with Crippen molar-refractivity contribution in [3.8, 4) is 11.4 Å². The zero-order chi connectivity index (χ0) is 21.1. The summed E-state index contributed by atoms with van der Waals surface area (Å²) in [5.74, 6) is 0.833. The molecule has 4 aromatic rings. The molecule has 0 unspecified atom stereocenters. The van der Waals surface area contributed by atoms with Crippen LogP contribution in [-0.4, -0.2) is 25.6 Å². The van der Waals surface area contributed by atoms with Crippen molar-refractivity contribution in [3.63, 3.8) is 0 Å². The van der Waals surface area contributed by atoms with Gasteiger partial charge in [0.15, 0.2) is 5.82 Å². The molecule has 0 aliphatic heterocycles. The lowest BCUT2D eigenvalue weighted by Gasteiger charge is -2.06. The van der Waals surface area contributed by atoms with Crippen LogP contribution in [0.15, 0.2) is 71.3 Å². The largest absolute Gasteiger partial charge is 0.467 e. The van der Waals surface area contributed by atoms with Crippen molar-refractivity contribution in [2.45, 2.75) is 13.5 Å². The van der Waals surface area contributed by atoms with E-state index in [1.807, 2.05) is 31.2 Å². The van der Waals surface area contributed by atoms with Gasteiger partial charge in [0.25, 0.3) is 11.6 Å². The van der Waals surface area contributed by atoms with Crippen molar-refractivity contribution >= 4 is 17.5 Å². The topological polar surface area (TPSA) is 116 Å². The molecule has 30 heavy (non-hydrogen) atoms. The van der Waals surface area contributed by atoms with Crippen molar-refractivity contribution in [1.82, 2.24) is 14.8 Å². The number of benzene rings is 2. The van der Waals surface area contributed by atoms with Crippen molar-refractivity contribution < 1.29 is 14.1 Å². The average Bonchev–Trinajstić information content (AvgIpc) is 3.42. The van der Waals surface area contributed by atoms with Crippen LogP contribution in [0.1, 0.15) is 21.7 Å². The SMILES string of the molecule is Cc1ccc(-c2nc(NCc3ccco3)n(C(=O)c3ccc([N+](=O)[O-])cc3)n2)cc1. The van der Waals surface area contributed by atoms with Crippen LogP contribution in [0.3, 0.4) is 0 Å². The van der Waals surface area contributed by atoms with Crippen LogP contribution in [0.25, 0.3) is 11.4 Å². The Morgan fingerprint density at radius 1 is 1.13 bits per heavy atom. The van der Waals surface area contributed by atoms with Gasteiger partial charge in [-0.2, -0.15) is 9.67 Å². The molecule has 1 N–H and O–H groups in total. The van der Waals surface area contributed by atoms with Gasteiger partial charge < -0.3 is 9.73 Å². The highest BCUT2D eigenvalue weighted by Crippen LogP contribution is 2.21. The number of non-ortho nitro benzene ring substituents is 1. The third kappa shape index (κ3) is 3.95. The van der Waals surface area contributed by atoms with Gasteiger partial charge in [0.05, 0.1) is 17.7 Å². The van der Waals surface area contributed by atoms with E-state index in [0.29, 0.717) is 18.1 Å². The van der Waals surface area contributed by atoms with Gasteiger partial charge in [-0.15, -0.1) is 5.10 Å². The van der Waals surface area contributed by atoms with Crippen molar-refractivity contribution in [3.05, 3.63) is 93.9 Å². The quantitative estimate of drug-likeness (QED) is 0.381. The highest BCUT2D eigenvalue weighted by molar-refractivity contribution is 5.97. The number of hydrogen-bond acceptors (Lipinski definition) is 7. The van der Waals surface area contributed by atoms with Crippen molar-refractivity contribution in [2.75, 3.05) is 5.32 Å². The summed E-state index contributed by atoms with van der Waals surface area (Å²) in [5, 5.41) is 18.3. The number of nitro groups is 1. The zero-order valence-electron chi connectivity index (χ0n) is 16.0. The molecule has 4 rings (SSSR count). The second kappa shape index (κ2) is 8.00. The molecule has 0 fully saturated rings. The Morgan fingerprint density at radius 2 is 1.87 bits per heavy atom. The van der Waals surface area contributed by atoms with Crippen LogP contribution in [-0.2, 0) is 6.54 Å². The van der Waals surface area contributed by atoms with E-state index in [-0.39, 0.29) is 17.2 Å². The van der Waals surface area contributed by atoms with Crippen LogP contribution < -0.4 is 5.32 Å². The van der Waals surface area contributed by atoms with E-state index in [9.17, 15) is 14.9 Å². The Kier molecular flexibility index (Phi) is 5.08. The Hall–Kier alpha value is -4.27. The fourth-order valence-electron chi connectivity index (χ4n) is 2.82. The number of aromatic nitrogens is 3. The predicted octanol–water partition coefficient (Wildman–Crippen LogP) is 4.06. The molecule has 0 aliphatic rings. The number of nitrogens with one attached hydrogen (secondary N) is 1. The lowest BCUT2D eigenvalue weighted by atomic mass is 10.1. The highest BCUT2D eigenvalue weighted by Gasteiger charge is 2.20. The maximum atomic E-state index is 13.0. The molecule has 0 saturated carbocycles. The molecule has 0 bridgehead atoms. The summed E-state index contributed by atoms with van der Waals surface area (Å²) < 4.78 is 6.46. The molecule has 0 atom stereocenters. The van der Waals surface area contributed by atoms with Gasteiger partial charge >= 0.3 is 0 Å². The summed E-state index contributed by atoms with van der Waals surface area (Å²) in [6.45, 7) is 2.29. The molecule has 0 radical (unpaired) electrons. The monoisotopic (exact) mass is 403 g/mol. The van der Waals surface area contributed by atoms with Crippen molar-refractivity contribution in [2.24, 2.45) is 0 Å². The molecule has 0 aliphatic carbocycles. The van der Waals surface area contributed by atoms with Crippen LogP contribution in [0.5, 0.6) is 0 Å². The Morgan fingerprint density at radius 3 is 2.50 bits per heavy atom. The van der Waals surface area contributed by atoms with Gasteiger partial charge in [0.1, 0.15) is 5.76 Å². The first-order valence-electron chi connectivity index (χ1n) is 9.11. The average molecular weight is 403 g/mol. The first kappa shape index (κ1) is 19.1. The number of furan rings is 1. The summed E-state index contributed by atoms with van der Waals surface area (Å²) in [6.07, 6.45) is 1.56. The first-order valence-corrected chi connectivity index (χ1v) is 9.11. The molecule has 0 spiro atoms. The summed E-state index contributed by atoms with van der Waals surface area (Å²) in [4.78, 5) is 27.9. The fraction of sp³-hybridized carbons (Fsp3) is 0.0952. The lowest BCUT2D eigenvalue weighted by molar-refractivity contribution is -0.384. The predicted molar refractivity (Wildman–Crippen MR) is 109 cm³/mol. The third-order valence-electron chi connectivity index (χ3n) is 4.44. The molecule has 2 heterocycles. The Bertz CT molecular complexity index is 1180. The molecular weight excluding hydrogens is 386 g/mol. The molecule has 0 amide bonds.